The van der Waals surface area contributed by atoms with E-state index in [1.807, 2.05) is 39.0 Å². The van der Waals surface area contributed by atoms with E-state index in [1.54, 1.807) is 0 Å². The van der Waals surface area contributed by atoms with Crippen LogP contribution in [0, 0.1) is 3.57 Å². The third-order valence-corrected chi connectivity index (χ3v) is 3.02. The summed E-state index contributed by atoms with van der Waals surface area (Å²) in [5.74, 6) is -0.0482. The maximum absolute atomic E-state index is 11.9. The van der Waals surface area contributed by atoms with Gasteiger partial charge in [-0.3, -0.25) is 4.79 Å². The molecule has 15 heavy (non-hydrogen) atoms. The second-order valence-corrected chi connectivity index (χ2v) is 6.43. The number of hydrogen-bond donors (Lipinski definition) is 1. The van der Waals surface area contributed by atoms with Crippen LogP contribution in [0.2, 0.25) is 0 Å². The number of rotatable bonds is 1. The minimum absolute atomic E-state index is 0.0482. The number of amides is 1. The van der Waals surface area contributed by atoms with Gasteiger partial charge in [-0.2, -0.15) is 0 Å². The average Bonchev–Trinajstić information content (AvgIpc) is 2.06. The molecule has 1 N–H and O–H groups in total. The van der Waals surface area contributed by atoms with E-state index in [4.69, 9.17) is 0 Å². The molecule has 2 nitrogen and oxygen atoms in total. The molecule has 0 aromatic heterocycles. The molecule has 0 saturated heterocycles. The van der Waals surface area contributed by atoms with E-state index < -0.39 is 0 Å². The van der Waals surface area contributed by atoms with Crippen molar-refractivity contribution in [3.63, 3.8) is 0 Å². The molecular weight excluding hydrogens is 369 g/mol. The molecule has 1 aromatic carbocycles. The van der Waals surface area contributed by atoms with Crippen molar-refractivity contribution in [2.75, 3.05) is 0 Å². The predicted molar refractivity (Wildman–Crippen MR) is 74.1 cm³/mol. The largest absolute Gasteiger partial charge is 0.347 e. The van der Waals surface area contributed by atoms with E-state index >= 15 is 0 Å². The van der Waals surface area contributed by atoms with Crippen LogP contribution in [0.15, 0.2) is 22.7 Å². The summed E-state index contributed by atoms with van der Waals surface area (Å²) in [6.45, 7) is 5.89. The molecule has 0 aliphatic rings. The van der Waals surface area contributed by atoms with Gasteiger partial charge in [-0.15, -0.1) is 0 Å². The molecule has 1 rings (SSSR count). The zero-order valence-corrected chi connectivity index (χ0v) is 12.6. The fourth-order valence-electron chi connectivity index (χ4n) is 1.08. The summed E-state index contributed by atoms with van der Waals surface area (Å²) in [6, 6.07) is 5.71. The molecular formula is C11H13BrINO. The van der Waals surface area contributed by atoms with Crippen LogP contribution in [-0.4, -0.2) is 11.4 Å². The van der Waals surface area contributed by atoms with Crippen LogP contribution in [0.3, 0.4) is 0 Å². The molecule has 1 aromatic rings. The zero-order valence-electron chi connectivity index (χ0n) is 8.90. The molecule has 0 saturated carbocycles. The van der Waals surface area contributed by atoms with Crippen LogP contribution >= 0.6 is 38.5 Å². The van der Waals surface area contributed by atoms with E-state index in [-0.39, 0.29) is 11.4 Å². The Morgan fingerprint density at radius 1 is 1.40 bits per heavy atom. The number of halogens is 2. The monoisotopic (exact) mass is 381 g/mol. The third kappa shape index (κ3) is 4.10. The molecule has 0 unspecified atom stereocenters. The van der Waals surface area contributed by atoms with Gasteiger partial charge in [0, 0.05) is 13.6 Å². The lowest BCUT2D eigenvalue weighted by Crippen LogP contribution is -2.40. The van der Waals surface area contributed by atoms with E-state index in [9.17, 15) is 4.79 Å². The SMILES string of the molecule is CC(C)(C)NC(=O)c1cc(I)ccc1Br. The van der Waals surface area contributed by atoms with Gasteiger partial charge < -0.3 is 5.32 Å². The minimum Gasteiger partial charge on any atom is -0.347 e. The maximum Gasteiger partial charge on any atom is 0.252 e. The summed E-state index contributed by atoms with van der Waals surface area (Å²) < 4.78 is 1.87. The average molecular weight is 382 g/mol. The molecule has 0 atom stereocenters. The topological polar surface area (TPSA) is 29.1 Å². The minimum atomic E-state index is -0.211. The molecule has 0 aliphatic heterocycles. The smallest absolute Gasteiger partial charge is 0.252 e. The number of benzene rings is 1. The Balaban J connectivity index is 2.96. The first-order valence-corrected chi connectivity index (χ1v) is 6.44. The van der Waals surface area contributed by atoms with Crippen LogP contribution in [0.5, 0.6) is 0 Å². The Morgan fingerprint density at radius 2 is 2.00 bits per heavy atom. The normalized spacial score (nSPS) is 11.3. The lowest BCUT2D eigenvalue weighted by Gasteiger charge is -2.21. The first kappa shape index (κ1) is 13.0. The van der Waals surface area contributed by atoms with E-state index in [2.05, 4.69) is 43.8 Å². The fourth-order valence-corrected chi connectivity index (χ4v) is 2.00. The van der Waals surface area contributed by atoms with Gasteiger partial charge in [0.15, 0.2) is 0 Å². The number of hydrogen-bond acceptors (Lipinski definition) is 1. The summed E-state index contributed by atoms with van der Waals surface area (Å²) in [5.41, 5.74) is 0.467. The summed E-state index contributed by atoms with van der Waals surface area (Å²) in [4.78, 5) is 11.9. The van der Waals surface area contributed by atoms with Crippen LogP contribution in [0.4, 0.5) is 0 Å². The van der Waals surface area contributed by atoms with Crippen LogP contribution < -0.4 is 5.32 Å². The molecule has 0 radical (unpaired) electrons. The van der Waals surface area contributed by atoms with Crippen LogP contribution in [0.25, 0.3) is 0 Å². The summed E-state index contributed by atoms with van der Waals surface area (Å²) in [6.07, 6.45) is 0. The highest BCUT2D eigenvalue weighted by atomic mass is 127. The van der Waals surface area contributed by atoms with Gasteiger partial charge in [0.25, 0.3) is 5.91 Å². The Labute approximate surface area is 112 Å². The van der Waals surface area contributed by atoms with Gasteiger partial charge in [-0.05, 0) is 77.5 Å². The first-order valence-electron chi connectivity index (χ1n) is 4.57. The lowest BCUT2D eigenvalue weighted by molar-refractivity contribution is 0.0918. The van der Waals surface area contributed by atoms with Gasteiger partial charge in [0.1, 0.15) is 0 Å². The molecule has 0 fully saturated rings. The fraction of sp³-hybridized carbons (Fsp3) is 0.364. The highest BCUT2D eigenvalue weighted by Crippen LogP contribution is 2.20. The van der Waals surface area contributed by atoms with Gasteiger partial charge in [0.2, 0.25) is 0 Å². The van der Waals surface area contributed by atoms with Crippen molar-refractivity contribution < 1.29 is 4.79 Å². The lowest BCUT2D eigenvalue weighted by atomic mass is 10.1. The number of nitrogens with one attached hydrogen (secondary N) is 1. The zero-order chi connectivity index (χ0) is 11.6. The molecule has 0 heterocycles. The number of carbonyl (C=O) groups excluding carboxylic acids is 1. The Morgan fingerprint density at radius 3 is 2.53 bits per heavy atom. The van der Waals surface area contributed by atoms with Gasteiger partial charge in [-0.25, -0.2) is 0 Å². The van der Waals surface area contributed by atoms with E-state index in [0.717, 1.165) is 8.04 Å². The molecule has 0 aliphatic carbocycles. The highest BCUT2D eigenvalue weighted by Gasteiger charge is 2.17. The maximum atomic E-state index is 11.9. The van der Waals surface area contributed by atoms with Crippen molar-refractivity contribution in [2.24, 2.45) is 0 Å². The number of carbonyl (C=O) groups is 1. The summed E-state index contributed by atoms with van der Waals surface area (Å²) in [7, 11) is 0. The Kier molecular flexibility index (Phi) is 4.17. The van der Waals surface area contributed by atoms with E-state index in [1.165, 1.54) is 0 Å². The Bertz CT molecular complexity index is 385. The molecule has 4 heteroatoms. The quantitative estimate of drug-likeness (QED) is 0.740. The van der Waals surface area contributed by atoms with Crippen molar-refractivity contribution in [3.05, 3.63) is 31.8 Å². The van der Waals surface area contributed by atoms with Crippen molar-refractivity contribution in [1.29, 1.82) is 0 Å². The van der Waals surface area contributed by atoms with Gasteiger partial charge in [0.05, 0.1) is 5.56 Å². The predicted octanol–water partition coefficient (Wildman–Crippen LogP) is 3.58. The Hall–Kier alpha value is -0.100. The standard InChI is InChI=1S/C11H13BrINO/c1-11(2,3)14-10(15)8-6-7(13)4-5-9(8)12/h4-6H,1-3H3,(H,14,15). The molecule has 1 amide bonds. The summed E-state index contributed by atoms with van der Waals surface area (Å²) >= 11 is 5.57. The van der Waals surface area contributed by atoms with Gasteiger partial charge >= 0.3 is 0 Å². The highest BCUT2D eigenvalue weighted by molar-refractivity contribution is 14.1. The second-order valence-electron chi connectivity index (χ2n) is 4.33. The van der Waals surface area contributed by atoms with Crippen molar-refractivity contribution in [2.45, 2.75) is 26.3 Å². The van der Waals surface area contributed by atoms with Crippen molar-refractivity contribution in [1.82, 2.24) is 5.32 Å². The first-order chi connectivity index (χ1) is 6.79. The molecule has 82 valence electrons. The van der Waals surface area contributed by atoms with Crippen LogP contribution in [-0.2, 0) is 0 Å². The molecule has 0 spiro atoms. The second kappa shape index (κ2) is 4.82. The third-order valence-electron chi connectivity index (χ3n) is 1.66. The molecule has 0 bridgehead atoms. The van der Waals surface area contributed by atoms with Gasteiger partial charge in [-0.1, -0.05) is 0 Å². The van der Waals surface area contributed by atoms with Crippen molar-refractivity contribution in [3.8, 4) is 0 Å². The van der Waals surface area contributed by atoms with Crippen LogP contribution in [0.1, 0.15) is 31.1 Å². The summed E-state index contributed by atoms with van der Waals surface area (Å²) in [5, 5.41) is 2.93. The van der Waals surface area contributed by atoms with E-state index in [0.29, 0.717) is 5.56 Å². The van der Waals surface area contributed by atoms with Crippen molar-refractivity contribution >= 4 is 44.4 Å².